The lowest BCUT2D eigenvalue weighted by molar-refractivity contribution is 0.136. The maximum absolute atomic E-state index is 5.49. The highest BCUT2D eigenvalue weighted by Crippen LogP contribution is 2.04. The zero-order valence-electron chi connectivity index (χ0n) is 12.6. The molecule has 2 N–H and O–H groups in total. The van der Waals surface area contributed by atoms with Crippen LogP contribution in [0.25, 0.3) is 0 Å². The molecule has 108 valence electrons. The predicted molar refractivity (Wildman–Crippen MR) is 79.2 cm³/mol. The highest BCUT2D eigenvalue weighted by atomic mass is 16.5. The van der Waals surface area contributed by atoms with Crippen LogP contribution >= 0.6 is 0 Å². The number of guanidine groups is 1. The van der Waals surface area contributed by atoms with Crippen molar-refractivity contribution < 1.29 is 4.74 Å². The Balaban J connectivity index is 3.59. The first-order valence-corrected chi connectivity index (χ1v) is 7.30. The smallest absolute Gasteiger partial charge is 0.191 e. The second kappa shape index (κ2) is 12.7. The Bertz CT molecular complexity index is 203. The van der Waals surface area contributed by atoms with Crippen LogP contribution in [0.15, 0.2) is 4.99 Å². The molecule has 4 nitrogen and oxygen atoms in total. The van der Waals surface area contributed by atoms with Crippen molar-refractivity contribution in [3.8, 4) is 0 Å². The van der Waals surface area contributed by atoms with Crippen LogP contribution < -0.4 is 10.6 Å². The summed E-state index contributed by atoms with van der Waals surface area (Å²) >= 11 is 0. The Morgan fingerprint density at radius 2 is 1.83 bits per heavy atom. The molecule has 4 heteroatoms. The lowest BCUT2D eigenvalue weighted by atomic mass is 10.0. The molecule has 0 spiro atoms. The van der Waals surface area contributed by atoms with Gasteiger partial charge in [0, 0.05) is 26.7 Å². The molecule has 0 aromatic heterocycles. The minimum atomic E-state index is 0.726. The second-order valence-corrected chi connectivity index (χ2v) is 4.53. The van der Waals surface area contributed by atoms with Gasteiger partial charge in [0.1, 0.15) is 0 Å². The Morgan fingerprint density at radius 1 is 1.11 bits per heavy atom. The van der Waals surface area contributed by atoms with Crippen molar-refractivity contribution in [3.05, 3.63) is 0 Å². The molecule has 0 bridgehead atoms. The number of hydrogen-bond donors (Lipinski definition) is 2. The van der Waals surface area contributed by atoms with Gasteiger partial charge in [0.2, 0.25) is 0 Å². The van der Waals surface area contributed by atoms with Crippen LogP contribution in [-0.2, 0) is 4.74 Å². The fourth-order valence-electron chi connectivity index (χ4n) is 1.63. The number of unbranched alkanes of at least 4 members (excludes halogenated alkanes) is 1. The van der Waals surface area contributed by atoms with Crippen LogP contribution in [0.5, 0.6) is 0 Å². The van der Waals surface area contributed by atoms with Crippen molar-refractivity contribution in [2.75, 3.05) is 33.4 Å². The summed E-state index contributed by atoms with van der Waals surface area (Å²) in [6, 6.07) is 0. The van der Waals surface area contributed by atoms with E-state index in [1.807, 2.05) is 0 Å². The molecule has 0 radical (unpaired) electrons. The fraction of sp³-hybridized carbons (Fsp3) is 0.929. The first-order chi connectivity index (χ1) is 8.78. The van der Waals surface area contributed by atoms with E-state index in [2.05, 4.69) is 36.4 Å². The standard InChI is InChI=1S/C14H31N3O/c1-5-8-10-18-11-9-16-14(15-4)17-12-13(6-2)7-3/h13H,5-12H2,1-4H3,(H2,15,16,17). The quantitative estimate of drug-likeness (QED) is 0.359. The third kappa shape index (κ3) is 9.28. The summed E-state index contributed by atoms with van der Waals surface area (Å²) in [5.74, 6) is 1.60. The summed E-state index contributed by atoms with van der Waals surface area (Å²) in [4.78, 5) is 4.20. The molecule has 0 saturated heterocycles. The van der Waals surface area contributed by atoms with Crippen LogP contribution in [0.2, 0.25) is 0 Å². The number of ether oxygens (including phenoxy) is 1. The average Bonchev–Trinajstić information content (AvgIpc) is 2.41. The second-order valence-electron chi connectivity index (χ2n) is 4.53. The maximum atomic E-state index is 5.49. The summed E-state index contributed by atoms with van der Waals surface area (Å²) in [7, 11) is 1.81. The van der Waals surface area contributed by atoms with E-state index >= 15 is 0 Å². The van der Waals surface area contributed by atoms with Crippen LogP contribution in [-0.4, -0.2) is 39.3 Å². The average molecular weight is 257 g/mol. The molecule has 0 aliphatic heterocycles. The van der Waals surface area contributed by atoms with E-state index in [1.54, 1.807) is 7.05 Å². The zero-order chi connectivity index (χ0) is 13.6. The normalized spacial score (nSPS) is 11.9. The summed E-state index contributed by atoms with van der Waals surface area (Å²) in [6.45, 7) is 10.0. The molecule has 0 rings (SSSR count). The van der Waals surface area contributed by atoms with E-state index in [1.165, 1.54) is 19.3 Å². The fourth-order valence-corrected chi connectivity index (χ4v) is 1.63. The third-order valence-electron chi connectivity index (χ3n) is 3.12. The molecule has 0 aliphatic rings. The van der Waals surface area contributed by atoms with Crippen LogP contribution in [0.1, 0.15) is 46.5 Å². The van der Waals surface area contributed by atoms with Crippen LogP contribution in [0, 0.1) is 5.92 Å². The number of rotatable bonds is 10. The van der Waals surface area contributed by atoms with Gasteiger partial charge in [-0.1, -0.05) is 40.0 Å². The van der Waals surface area contributed by atoms with Gasteiger partial charge in [0.15, 0.2) is 5.96 Å². The van der Waals surface area contributed by atoms with Crippen LogP contribution in [0.3, 0.4) is 0 Å². The Labute approximate surface area is 113 Å². The minimum absolute atomic E-state index is 0.726. The van der Waals surface area contributed by atoms with Gasteiger partial charge >= 0.3 is 0 Å². The van der Waals surface area contributed by atoms with Gasteiger partial charge < -0.3 is 15.4 Å². The molecule has 0 aromatic carbocycles. The molecule has 0 fully saturated rings. The summed E-state index contributed by atoms with van der Waals surface area (Å²) < 4.78 is 5.49. The van der Waals surface area contributed by atoms with Gasteiger partial charge in [-0.05, 0) is 12.3 Å². The molecule has 0 aromatic rings. The van der Waals surface area contributed by atoms with Crippen LogP contribution in [0.4, 0.5) is 0 Å². The van der Waals surface area contributed by atoms with Gasteiger partial charge in [-0.2, -0.15) is 0 Å². The maximum Gasteiger partial charge on any atom is 0.191 e. The van der Waals surface area contributed by atoms with E-state index in [0.717, 1.165) is 44.6 Å². The first-order valence-electron chi connectivity index (χ1n) is 7.30. The van der Waals surface area contributed by atoms with Crippen molar-refractivity contribution in [2.45, 2.75) is 46.5 Å². The SMILES string of the molecule is CCCCOCCNC(=NC)NCC(CC)CC. The number of aliphatic imine (C=N–C) groups is 1. The van der Waals surface area contributed by atoms with E-state index in [-0.39, 0.29) is 0 Å². The minimum Gasteiger partial charge on any atom is -0.380 e. The van der Waals surface area contributed by atoms with E-state index in [9.17, 15) is 0 Å². The van der Waals surface area contributed by atoms with Crippen molar-refractivity contribution >= 4 is 5.96 Å². The summed E-state index contributed by atoms with van der Waals surface area (Å²) in [6.07, 6.45) is 4.75. The summed E-state index contributed by atoms with van der Waals surface area (Å²) in [5, 5.41) is 6.62. The Morgan fingerprint density at radius 3 is 2.39 bits per heavy atom. The monoisotopic (exact) mass is 257 g/mol. The summed E-state index contributed by atoms with van der Waals surface area (Å²) in [5.41, 5.74) is 0. The molecular formula is C14H31N3O. The van der Waals surface area contributed by atoms with Gasteiger partial charge in [-0.25, -0.2) is 0 Å². The topological polar surface area (TPSA) is 45.6 Å². The van der Waals surface area contributed by atoms with Crippen molar-refractivity contribution in [1.29, 1.82) is 0 Å². The van der Waals surface area contributed by atoms with Crippen molar-refractivity contribution in [2.24, 2.45) is 10.9 Å². The largest absolute Gasteiger partial charge is 0.380 e. The first kappa shape index (κ1) is 17.2. The molecule has 18 heavy (non-hydrogen) atoms. The highest BCUT2D eigenvalue weighted by molar-refractivity contribution is 5.79. The highest BCUT2D eigenvalue weighted by Gasteiger charge is 2.04. The van der Waals surface area contributed by atoms with E-state index in [0.29, 0.717) is 0 Å². The van der Waals surface area contributed by atoms with Gasteiger partial charge in [-0.3, -0.25) is 4.99 Å². The van der Waals surface area contributed by atoms with Gasteiger partial charge in [0.05, 0.1) is 6.61 Å². The number of nitrogens with one attached hydrogen (secondary N) is 2. The third-order valence-corrected chi connectivity index (χ3v) is 3.12. The van der Waals surface area contributed by atoms with E-state index in [4.69, 9.17) is 4.74 Å². The molecular weight excluding hydrogens is 226 g/mol. The molecule has 0 heterocycles. The number of hydrogen-bond acceptors (Lipinski definition) is 2. The molecule has 0 unspecified atom stereocenters. The molecule has 0 aliphatic carbocycles. The zero-order valence-corrected chi connectivity index (χ0v) is 12.6. The lowest BCUT2D eigenvalue weighted by Gasteiger charge is -2.16. The molecule has 0 saturated carbocycles. The number of nitrogens with zero attached hydrogens (tertiary/aromatic N) is 1. The Hall–Kier alpha value is -0.770. The Kier molecular flexibility index (Phi) is 12.1. The van der Waals surface area contributed by atoms with Gasteiger partial charge in [-0.15, -0.1) is 0 Å². The van der Waals surface area contributed by atoms with Crippen molar-refractivity contribution in [3.63, 3.8) is 0 Å². The van der Waals surface area contributed by atoms with E-state index < -0.39 is 0 Å². The van der Waals surface area contributed by atoms with Gasteiger partial charge in [0.25, 0.3) is 0 Å². The molecule has 0 atom stereocenters. The predicted octanol–water partition coefficient (Wildman–Crippen LogP) is 2.40. The van der Waals surface area contributed by atoms with Crippen molar-refractivity contribution in [1.82, 2.24) is 10.6 Å². The molecule has 0 amide bonds. The lowest BCUT2D eigenvalue weighted by Crippen LogP contribution is -2.41.